The van der Waals surface area contributed by atoms with Crippen molar-refractivity contribution >= 4 is 66.3 Å². The Morgan fingerprint density at radius 3 is 2.66 bits per heavy atom. The highest BCUT2D eigenvalue weighted by atomic mass is 79.9. The molecular weight excluding hydrogens is 622 g/mol. The molecule has 12 heteroatoms. The second kappa shape index (κ2) is 12.1. The Labute approximate surface area is 233 Å². The Morgan fingerprint density at radius 2 is 1.95 bits per heavy atom. The Kier molecular flexibility index (Phi) is 8.64. The fourth-order valence-corrected chi connectivity index (χ4v) is 4.58. The van der Waals surface area contributed by atoms with Crippen molar-refractivity contribution in [2.24, 2.45) is 5.10 Å². The van der Waals surface area contributed by atoms with Crippen molar-refractivity contribution in [3.63, 3.8) is 0 Å². The fraction of sp³-hybridized carbons (Fsp3) is 0.154. The van der Waals surface area contributed by atoms with Gasteiger partial charge < -0.3 is 10.1 Å². The van der Waals surface area contributed by atoms with E-state index in [0.717, 1.165) is 10.9 Å². The van der Waals surface area contributed by atoms with Crippen LogP contribution >= 0.6 is 31.9 Å². The molecule has 38 heavy (non-hydrogen) atoms. The van der Waals surface area contributed by atoms with Crippen LogP contribution in [0.1, 0.15) is 24.7 Å². The first-order valence-electron chi connectivity index (χ1n) is 11.5. The maximum absolute atomic E-state index is 13.2. The number of hydrogen-bond donors (Lipinski definition) is 1. The number of anilines is 1. The predicted octanol–water partition coefficient (Wildman–Crippen LogP) is 5.68. The summed E-state index contributed by atoms with van der Waals surface area (Å²) in [7, 11) is 0. The number of aryl methyl sites for hydroxylation is 1. The quantitative estimate of drug-likeness (QED) is 0.142. The van der Waals surface area contributed by atoms with E-state index in [0.29, 0.717) is 34.4 Å². The molecule has 194 valence electrons. The van der Waals surface area contributed by atoms with E-state index in [1.165, 1.54) is 17.0 Å². The molecule has 0 radical (unpaired) electrons. The smallest absolute Gasteiger partial charge is 0.312 e. The minimum Gasteiger partial charge on any atom is -0.476 e. The molecule has 1 N–H and O–H groups in total. The minimum atomic E-state index is -0.615. The molecule has 4 rings (SSSR count). The number of nitrogens with zero attached hydrogens (tertiary/aromatic N) is 4. The van der Waals surface area contributed by atoms with Crippen molar-refractivity contribution in [2.45, 2.75) is 19.8 Å². The molecule has 0 aliphatic carbocycles. The Morgan fingerprint density at radius 1 is 1.18 bits per heavy atom. The minimum absolute atomic E-state index is 0.101. The summed E-state index contributed by atoms with van der Waals surface area (Å²) in [6.45, 7) is 1.53. The third kappa shape index (κ3) is 6.32. The Hall–Kier alpha value is -3.90. The zero-order valence-corrected chi connectivity index (χ0v) is 23.2. The third-order valence-electron chi connectivity index (χ3n) is 5.32. The van der Waals surface area contributed by atoms with Gasteiger partial charge in [-0.2, -0.15) is 9.78 Å². The molecule has 1 aromatic heterocycles. The zero-order chi connectivity index (χ0) is 27.2. The summed E-state index contributed by atoms with van der Waals surface area (Å²) >= 11 is 6.66. The number of benzene rings is 3. The van der Waals surface area contributed by atoms with E-state index >= 15 is 0 Å². The van der Waals surface area contributed by atoms with Gasteiger partial charge in [0.15, 0.2) is 6.61 Å². The van der Waals surface area contributed by atoms with Crippen LogP contribution < -0.4 is 15.6 Å². The number of rotatable bonds is 9. The van der Waals surface area contributed by atoms with E-state index in [-0.39, 0.29) is 21.5 Å². The second-order valence-corrected chi connectivity index (χ2v) is 9.88. The number of carbonyl (C=O) groups excluding carboxylic acids is 1. The SMILES string of the molecule is CCCc1nc2ccc(Br)cc2c(=O)n1N=Cc1cc(Br)c(OCC(=O)Nc2ccccc2)c([N+](=O)[O-])c1. The van der Waals surface area contributed by atoms with E-state index in [1.54, 1.807) is 42.5 Å². The Bertz CT molecular complexity index is 1610. The van der Waals surface area contributed by atoms with E-state index in [9.17, 15) is 19.7 Å². The first kappa shape index (κ1) is 27.1. The van der Waals surface area contributed by atoms with Crippen molar-refractivity contribution in [3.8, 4) is 5.75 Å². The van der Waals surface area contributed by atoms with Gasteiger partial charge in [-0.15, -0.1) is 0 Å². The molecule has 3 aromatic carbocycles. The number of para-hydroxylation sites is 1. The lowest BCUT2D eigenvalue weighted by Crippen LogP contribution is -2.22. The van der Waals surface area contributed by atoms with Gasteiger partial charge in [-0.1, -0.05) is 41.1 Å². The van der Waals surface area contributed by atoms with E-state index in [2.05, 4.69) is 47.3 Å². The number of fused-ring (bicyclic) bond motifs is 1. The maximum atomic E-state index is 13.2. The van der Waals surface area contributed by atoms with Crippen LogP contribution in [0, 0.1) is 10.1 Å². The van der Waals surface area contributed by atoms with Crippen LogP contribution in [-0.4, -0.2) is 33.3 Å². The first-order chi connectivity index (χ1) is 18.3. The Balaban J connectivity index is 1.63. The van der Waals surface area contributed by atoms with Gasteiger partial charge in [-0.05, 0) is 58.7 Å². The first-order valence-corrected chi connectivity index (χ1v) is 13.1. The summed E-state index contributed by atoms with van der Waals surface area (Å²) in [5, 5.41) is 19.2. The highest BCUT2D eigenvalue weighted by Crippen LogP contribution is 2.36. The summed E-state index contributed by atoms with van der Waals surface area (Å²) in [4.78, 5) is 41.2. The predicted molar refractivity (Wildman–Crippen MR) is 152 cm³/mol. The van der Waals surface area contributed by atoms with Crippen LogP contribution in [0.2, 0.25) is 0 Å². The lowest BCUT2D eigenvalue weighted by molar-refractivity contribution is -0.385. The van der Waals surface area contributed by atoms with E-state index in [4.69, 9.17) is 4.74 Å². The standard InChI is InChI=1S/C26H21Br2N5O5/c1-2-6-23-31-21-10-9-17(27)13-19(21)26(35)32(23)29-14-16-11-20(28)25(22(12-16)33(36)37)38-15-24(34)30-18-7-4-3-5-8-18/h3-5,7-14H,2,6,15H2,1H3,(H,30,34). The van der Waals surface area contributed by atoms with Gasteiger partial charge in [0.05, 0.1) is 26.5 Å². The average molecular weight is 643 g/mol. The highest BCUT2D eigenvalue weighted by molar-refractivity contribution is 9.10. The monoisotopic (exact) mass is 641 g/mol. The molecule has 10 nitrogen and oxygen atoms in total. The van der Waals surface area contributed by atoms with Gasteiger partial charge in [-0.25, -0.2) is 4.98 Å². The number of nitro benzene ring substituents is 1. The molecule has 0 saturated carbocycles. The lowest BCUT2D eigenvalue weighted by Gasteiger charge is -2.11. The highest BCUT2D eigenvalue weighted by Gasteiger charge is 2.21. The number of hydrogen-bond acceptors (Lipinski definition) is 7. The fourth-order valence-electron chi connectivity index (χ4n) is 3.63. The molecule has 0 saturated heterocycles. The topological polar surface area (TPSA) is 129 Å². The van der Waals surface area contributed by atoms with Crippen LogP contribution in [0.4, 0.5) is 11.4 Å². The molecule has 0 fully saturated rings. The summed E-state index contributed by atoms with van der Waals surface area (Å²) in [5.74, 6) is -0.0979. The molecular formula is C26H21Br2N5O5. The van der Waals surface area contributed by atoms with E-state index < -0.39 is 17.4 Å². The number of amides is 1. The molecule has 0 unspecified atom stereocenters. The summed E-state index contributed by atoms with van der Waals surface area (Å²) < 4.78 is 7.68. The summed E-state index contributed by atoms with van der Waals surface area (Å²) in [5.41, 5.74) is 0.760. The second-order valence-electron chi connectivity index (χ2n) is 8.11. The van der Waals surface area contributed by atoms with Gasteiger partial charge in [0.25, 0.3) is 11.5 Å². The largest absolute Gasteiger partial charge is 0.476 e. The number of halogens is 2. The maximum Gasteiger partial charge on any atom is 0.312 e. The van der Waals surface area contributed by atoms with Crippen LogP contribution in [0.3, 0.4) is 0 Å². The molecule has 0 bridgehead atoms. The summed E-state index contributed by atoms with van der Waals surface area (Å²) in [6.07, 6.45) is 2.60. The lowest BCUT2D eigenvalue weighted by atomic mass is 10.2. The number of nitro groups is 1. The zero-order valence-electron chi connectivity index (χ0n) is 20.1. The van der Waals surface area contributed by atoms with Crippen LogP contribution in [0.25, 0.3) is 10.9 Å². The number of ether oxygens (including phenoxy) is 1. The van der Waals surface area contributed by atoms with Gasteiger partial charge >= 0.3 is 5.69 Å². The van der Waals surface area contributed by atoms with Crippen molar-refractivity contribution in [1.29, 1.82) is 0 Å². The summed E-state index contributed by atoms with van der Waals surface area (Å²) in [6, 6.07) is 16.8. The van der Waals surface area contributed by atoms with Crippen molar-refractivity contribution < 1.29 is 14.5 Å². The molecule has 0 spiro atoms. The normalized spacial score (nSPS) is 11.1. The van der Waals surface area contributed by atoms with Crippen LogP contribution in [0.5, 0.6) is 5.75 Å². The van der Waals surface area contributed by atoms with Crippen molar-refractivity contribution in [3.05, 3.63) is 101 Å². The van der Waals surface area contributed by atoms with Gasteiger partial charge in [0.2, 0.25) is 5.75 Å². The van der Waals surface area contributed by atoms with Crippen LogP contribution in [-0.2, 0) is 11.2 Å². The molecule has 4 aromatic rings. The van der Waals surface area contributed by atoms with Gasteiger partial charge in [0.1, 0.15) is 5.82 Å². The number of aromatic nitrogens is 2. The number of nitrogens with one attached hydrogen (secondary N) is 1. The van der Waals surface area contributed by atoms with Crippen molar-refractivity contribution in [1.82, 2.24) is 9.66 Å². The van der Waals surface area contributed by atoms with E-state index in [1.807, 2.05) is 19.1 Å². The van der Waals surface area contributed by atoms with Crippen molar-refractivity contribution in [2.75, 3.05) is 11.9 Å². The molecule has 0 atom stereocenters. The van der Waals surface area contributed by atoms with Crippen LogP contribution in [0.15, 0.2) is 79.5 Å². The molecule has 1 heterocycles. The van der Waals surface area contributed by atoms with Gasteiger partial charge in [0, 0.05) is 28.2 Å². The molecule has 1 amide bonds. The molecule has 0 aliphatic heterocycles. The molecule has 0 aliphatic rings. The average Bonchev–Trinajstić information content (AvgIpc) is 2.88. The number of carbonyl (C=O) groups is 1. The third-order valence-corrected chi connectivity index (χ3v) is 6.40. The van der Waals surface area contributed by atoms with Gasteiger partial charge in [-0.3, -0.25) is 19.7 Å².